The minimum absolute atomic E-state index is 0.00191. The summed E-state index contributed by atoms with van der Waals surface area (Å²) < 4.78 is 5.36. The van der Waals surface area contributed by atoms with E-state index in [4.69, 9.17) is 9.84 Å². The molecule has 0 radical (unpaired) electrons. The van der Waals surface area contributed by atoms with Gasteiger partial charge in [-0.3, -0.25) is 0 Å². The third kappa shape index (κ3) is 5.54. The lowest BCUT2D eigenvalue weighted by Crippen LogP contribution is -2.38. The van der Waals surface area contributed by atoms with Crippen LogP contribution in [0.5, 0.6) is 0 Å². The number of carboxylic acid groups (broad SMARTS) is 1. The van der Waals surface area contributed by atoms with E-state index < -0.39 is 5.97 Å². The molecule has 0 bridgehead atoms. The van der Waals surface area contributed by atoms with E-state index in [0.717, 1.165) is 0 Å². The van der Waals surface area contributed by atoms with Gasteiger partial charge in [0.05, 0.1) is 19.3 Å². The lowest BCUT2D eigenvalue weighted by atomic mass is 10.5. The Morgan fingerprint density at radius 3 is 2.80 bits per heavy atom. The Labute approximate surface area is 121 Å². The first-order valence-corrected chi connectivity index (χ1v) is 7.06. The standard InChI is InChI=1S/C12H19N3O4S/c1-8(2)19-5-4-15(3)12(18)13-6-10-14-9(7-20-10)11(16)17/h7-8H,4-6H2,1-3H3,(H,13,18)(H,16,17). The molecule has 7 nitrogen and oxygen atoms in total. The maximum absolute atomic E-state index is 11.8. The Kier molecular flexibility index (Phi) is 6.40. The van der Waals surface area contributed by atoms with Crippen molar-refractivity contribution in [3.05, 3.63) is 16.1 Å². The van der Waals surface area contributed by atoms with Crippen LogP contribution in [0, 0.1) is 0 Å². The number of aromatic carboxylic acids is 1. The van der Waals surface area contributed by atoms with Gasteiger partial charge in [-0.25, -0.2) is 14.6 Å². The zero-order valence-electron chi connectivity index (χ0n) is 11.8. The van der Waals surface area contributed by atoms with Crippen LogP contribution in [-0.2, 0) is 11.3 Å². The average molecular weight is 301 g/mol. The molecule has 2 amide bonds. The first kappa shape index (κ1) is 16.4. The SMILES string of the molecule is CC(C)OCCN(C)C(=O)NCc1nc(C(=O)O)cs1. The van der Waals surface area contributed by atoms with Gasteiger partial charge in [-0.1, -0.05) is 0 Å². The van der Waals surface area contributed by atoms with Gasteiger partial charge < -0.3 is 20.1 Å². The smallest absolute Gasteiger partial charge is 0.355 e. The maximum atomic E-state index is 11.8. The molecule has 1 aromatic heterocycles. The van der Waals surface area contributed by atoms with E-state index in [9.17, 15) is 9.59 Å². The number of ether oxygens (including phenoxy) is 1. The van der Waals surface area contributed by atoms with Gasteiger partial charge in [0, 0.05) is 19.0 Å². The number of thiazole rings is 1. The van der Waals surface area contributed by atoms with Crippen molar-refractivity contribution < 1.29 is 19.4 Å². The fourth-order valence-electron chi connectivity index (χ4n) is 1.30. The fraction of sp³-hybridized carbons (Fsp3) is 0.583. The normalized spacial score (nSPS) is 10.6. The van der Waals surface area contributed by atoms with E-state index in [2.05, 4.69) is 10.3 Å². The lowest BCUT2D eigenvalue weighted by molar-refractivity contribution is 0.0679. The van der Waals surface area contributed by atoms with Gasteiger partial charge in [0.25, 0.3) is 0 Å². The van der Waals surface area contributed by atoms with Crippen molar-refractivity contribution in [3.8, 4) is 0 Å². The third-order valence-corrected chi connectivity index (χ3v) is 3.24. The van der Waals surface area contributed by atoms with Gasteiger partial charge in [-0.2, -0.15) is 0 Å². The van der Waals surface area contributed by atoms with Gasteiger partial charge in [0.1, 0.15) is 5.01 Å². The number of nitrogens with zero attached hydrogens (tertiary/aromatic N) is 2. The molecule has 0 fully saturated rings. The number of likely N-dealkylation sites (N-methyl/N-ethyl adjacent to an activating group) is 1. The minimum Gasteiger partial charge on any atom is -0.476 e. The molecular formula is C12H19N3O4S. The molecule has 1 aromatic rings. The quantitative estimate of drug-likeness (QED) is 0.794. The number of rotatable bonds is 7. The Bertz CT molecular complexity index is 461. The van der Waals surface area contributed by atoms with Crippen molar-refractivity contribution >= 4 is 23.3 Å². The van der Waals surface area contributed by atoms with E-state index in [1.54, 1.807) is 7.05 Å². The van der Waals surface area contributed by atoms with Gasteiger partial charge in [0.15, 0.2) is 5.69 Å². The van der Waals surface area contributed by atoms with Crippen LogP contribution >= 0.6 is 11.3 Å². The summed E-state index contributed by atoms with van der Waals surface area (Å²) >= 11 is 1.20. The highest BCUT2D eigenvalue weighted by Crippen LogP contribution is 2.09. The fourth-order valence-corrected chi connectivity index (χ4v) is 2.01. The first-order valence-electron chi connectivity index (χ1n) is 6.18. The number of hydrogen-bond acceptors (Lipinski definition) is 5. The minimum atomic E-state index is -1.07. The van der Waals surface area contributed by atoms with Crippen LogP contribution in [-0.4, -0.2) is 53.3 Å². The summed E-state index contributed by atoms with van der Waals surface area (Å²) in [7, 11) is 1.67. The van der Waals surface area contributed by atoms with Crippen LogP contribution in [0.2, 0.25) is 0 Å². The van der Waals surface area contributed by atoms with Gasteiger partial charge in [0.2, 0.25) is 0 Å². The molecular weight excluding hydrogens is 282 g/mol. The van der Waals surface area contributed by atoms with Crippen LogP contribution in [0.25, 0.3) is 0 Å². The molecule has 0 atom stereocenters. The van der Waals surface area contributed by atoms with Gasteiger partial charge >= 0.3 is 12.0 Å². The predicted octanol–water partition coefficient (Wildman–Crippen LogP) is 1.41. The summed E-state index contributed by atoms with van der Waals surface area (Å²) in [4.78, 5) is 27.8. The zero-order valence-corrected chi connectivity index (χ0v) is 12.6. The number of carbonyl (C=O) groups is 2. The number of aromatic nitrogens is 1. The van der Waals surface area contributed by atoms with E-state index >= 15 is 0 Å². The summed E-state index contributed by atoms with van der Waals surface area (Å²) in [6.07, 6.45) is 0.135. The van der Waals surface area contributed by atoms with Crippen LogP contribution in [0.3, 0.4) is 0 Å². The molecule has 0 saturated carbocycles. The largest absolute Gasteiger partial charge is 0.476 e. The van der Waals surface area contributed by atoms with Crippen molar-refractivity contribution in [2.24, 2.45) is 0 Å². The molecule has 1 rings (SSSR count). The number of nitrogens with one attached hydrogen (secondary N) is 1. The van der Waals surface area contributed by atoms with Gasteiger partial charge in [-0.05, 0) is 13.8 Å². The second kappa shape index (κ2) is 7.81. The van der Waals surface area contributed by atoms with E-state index in [1.807, 2.05) is 13.8 Å². The molecule has 20 heavy (non-hydrogen) atoms. The second-order valence-electron chi connectivity index (χ2n) is 4.43. The molecule has 0 aliphatic heterocycles. The predicted molar refractivity (Wildman–Crippen MR) is 75.0 cm³/mol. The lowest BCUT2D eigenvalue weighted by Gasteiger charge is -2.18. The number of amides is 2. The summed E-state index contributed by atoms with van der Waals surface area (Å²) in [5.74, 6) is -1.07. The molecule has 0 aromatic carbocycles. The summed E-state index contributed by atoms with van der Waals surface area (Å²) in [5, 5.41) is 13.4. The molecule has 112 valence electrons. The summed E-state index contributed by atoms with van der Waals surface area (Å²) in [5.41, 5.74) is -0.00191. The number of carboxylic acids is 1. The highest BCUT2D eigenvalue weighted by Gasteiger charge is 2.11. The van der Waals surface area contributed by atoms with Crippen LogP contribution < -0.4 is 5.32 Å². The molecule has 0 spiro atoms. The van der Waals surface area contributed by atoms with Crippen molar-refractivity contribution in [1.29, 1.82) is 0 Å². The Hall–Kier alpha value is -1.67. The molecule has 2 N–H and O–H groups in total. The first-order chi connectivity index (χ1) is 9.40. The maximum Gasteiger partial charge on any atom is 0.355 e. The Balaban J connectivity index is 2.32. The second-order valence-corrected chi connectivity index (χ2v) is 5.37. The number of hydrogen-bond donors (Lipinski definition) is 2. The summed E-state index contributed by atoms with van der Waals surface area (Å²) in [6, 6.07) is -0.246. The third-order valence-electron chi connectivity index (χ3n) is 2.39. The van der Waals surface area contributed by atoms with E-state index in [0.29, 0.717) is 18.2 Å². The van der Waals surface area contributed by atoms with E-state index in [-0.39, 0.29) is 24.4 Å². The number of urea groups is 1. The van der Waals surface area contributed by atoms with Crippen molar-refractivity contribution in [3.63, 3.8) is 0 Å². The molecule has 0 unspecified atom stereocenters. The van der Waals surface area contributed by atoms with Gasteiger partial charge in [-0.15, -0.1) is 11.3 Å². The zero-order chi connectivity index (χ0) is 15.1. The average Bonchev–Trinajstić information content (AvgIpc) is 2.84. The number of carbonyl (C=O) groups excluding carboxylic acids is 1. The topological polar surface area (TPSA) is 91.8 Å². The van der Waals surface area contributed by atoms with Crippen molar-refractivity contribution in [2.45, 2.75) is 26.5 Å². The highest BCUT2D eigenvalue weighted by atomic mass is 32.1. The monoisotopic (exact) mass is 301 g/mol. The molecule has 0 aliphatic rings. The molecule has 0 aliphatic carbocycles. The Morgan fingerprint density at radius 2 is 2.25 bits per heavy atom. The van der Waals surface area contributed by atoms with Crippen LogP contribution in [0.15, 0.2) is 5.38 Å². The molecule has 0 saturated heterocycles. The highest BCUT2D eigenvalue weighted by molar-refractivity contribution is 7.09. The van der Waals surface area contributed by atoms with Crippen LogP contribution in [0.1, 0.15) is 29.3 Å². The van der Waals surface area contributed by atoms with E-state index in [1.165, 1.54) is 21.6 Å². The Morgan fingerprint density at radius 1 is 1.55 bits per heavy atom. The van der Waals surface area contributed by atoms with Crippen molar-refractivity contribution in [1.82, 2.24) is 15.2 Å². The molecule has 1 heterocycles. The van der Waals surface area contributed by atoms with Crippen LogP contribution in [0.4, 0.5) is 4.79 Å². The summed E-state index contributed by atoms with van der Waals surface area (Å²) in [6.45, 7) is 5.04. The molecule has 8 heteroatoms. The van der Waals surface area contributed by atoms with Crippen molar-refractivity contribution in [2.75, 3.05) is 20.2 Å².